The van der Waals surface area contributed by atoms with Crippen LogP contribution in [0.4, 0.5) is 0 Å². The molecule has 0 aliphatic rings. The van der Waals surface area contributed by atoms with E-state index in [9.17, 15) is 4.79 Å². The first-order chi connectivity index (χ1) is 17.0. The minimum absolute atomic E-state index is 0.345. The Balaban J connectivity index is 0. The Morgan fingerprint density at radius 1 is 0.457 bits per heavy atom. The average molecular weight is 498 g/mol. The van der Waals surface area contributed by atoms with E-state index in [1.807, 2.05) is 0 Å². The van der Waals surface area contributed by atoms with Gasteiger partial charge >= 0.3 is 5.97 Å². The standard InChI is InChI=1S/C18H36O2.C14H31N/c1-2-3-4-5-6-7-8-9-10-11-12-13-14-15-16-17-18(19)20;1-4-5-6-7-8-9-10-11-12-13-14-15(2)3/h2-17H2,1H3,(H,19,20);4-14H2,1-3H3. The first kappa shape index (κ1) is 36.6. The molecule has 0 bridgehead atoms. The summed E-state index contributed by atoms with van der Waals surface area (Å²) in [5.41, 5.74) is 0. The Morgan fingerprint density at radius 3 is 0.971 bits per heavy atom. The molecule has 0 aromatic carbocycles. The minimum atomic E-state index is -0.653. The molecule has 0 amide bonds. The van der Waals surface area contributed by atoms with Crippen LogP contribution >= 0.6 is 0 Å². The van der Waals surface area contributed by atoms with Crippen molar-refractivity contribution in [2.75, 3.05) is 20.6 Å². The van der Waals surface area contributed by atoms with E-state index in [4.69, 9.17) is 5.11 Å². The van der Waals surface area contributed by atoms with Crippen LogP contribution in [0.15, 0.2) is 0 Å². The van der Waals surface area contributed by atoms with Crippen molar-refractivity contribution < 1.29 is 9.90 Å². The largest absolute Gasteiger partial charge is 0.481 e. The van der Waals surface area contributed by atoms with Gasteiger partial charge in [-0.25, -0.2) is 0 Å². The van der Waals surface area contributed by atoms with Gasteiger partial charge in [-0.15, -0.1) is 0 Å². The van der Waals surface area contributed by atoms with Crippen molar-refractivity contribution in [1.29, 1.82) is 0 Å². The van der Waals surface area contributed by atoms with E-state index in [1.54, 1.807) is 0 Å². The highest BCUT2D eigenvalue weighted by Crippen LogP contribution is 2.14. The lowest BCUT2D eigenvalue weighted by atomic mass is 10.0. The van der Waals surface area contributed by atoms with Crippen molar-refractivity contribution in [1.82, 2.24) is 4.90 Å². The lowest BCUT2D eigenvalue weighted by molar-refractivity contribution is -0.137. The Morgan fingerprint density at radius 2 is 0.714 bits per heavy atom. The number of hydrogen-bond donors (Lipinski definition) is 1. The molecule has 0 heterocycles. The number of unbranched alkanes of at least 4 members (excludes halogenated alkanes) is 23. The zero-order valence-corrected chi connectivity index (χ0v) is 24.9. The molecule has 0 aromatic rings. The fraction of sp³-hybridized carbons (Fsp3) is 0.969. The van der Waals surface area contributed by atoms with Crippen LogP contribution in [-0.2, 0) is 4.79 Å². The minimum Gasteiger partial charge on any atom is -0.481 e. The number of aliphatic carboxylic acids is 1. The quantitative estimate of drug-likeness (QED) is 0.115. The van der Waals surface area contributed by atoms with Gasteiger partial charge in [-0.1, -0.05) is 162 Å². The summed E-state index contributed by atoms with van der Waals surface area (Å²) in [6.07, 6.45) is 34.6. The van der Waals surface area contributed by atoms with Gasteiger partial charge in [-0.3, -0.25) is 4.79 Å². The molecule has 3 heteroatoms. The molecule has 0 atom stereocenters. The van der Waals surface area contributed by atoms with Gasteiger partial charge in [0.15, 0.2) is 0 Å². The van der Waals surface area contributed by atoms with Gasteiger partial charge in [0.2, 0.25) is 0 Å². The second-order valence-electron chi connectivity index (χ2n) is 11.1. The Bertz CT molecular complexity index is 384. The van der Waals surface area contributed by atoms with Crippen LogP contribution in [0, 0.1) is 0 Å². The van der Waals surface area contributed by atoms with E-state index >= 15 is 0 Å². The molecule has 0 spiro atoms. The van der Waals surface area contributed by atoms with Crippen LogP contribution in [0.5, 0.6) is 0 Å². The van der Waals surface area contributed by atoms with E-state index in [1.165, 1.54) is 154 Å². The maximum atomic E-state index is 10.3. The van der Waals surface area contributed by atoms with E-state index in [-0.39, 0.29) is 0 Å². The van der Waals surface area contributed by atoms with Gasteiger partial charge in [0.1, 0.15) is 0 Å². The van der Waals surface area contributed by atoms with Gasteiger partial charge in [0.25, 0.3) is 0 Å². The molecule has 0 saturated carbocycles. The molecule has 0 aromatic heterocycles. The monoisotopic (exact) mass is 498 g/mol. The molecule has 0 saturated heterocycles. The molecule has 0 aliphatic heterocycles. The van der Waals surface area contributed by atoms with Crippen molar-refractivity contribution in [2.45, 2.75) is 181 Å². The summed E-state index contributed by atoms with van der Waals surface area (Å²) in [5, 5.41) is 8.52. The molecule has 3 nitrogen and oxygen atoms in total. The van der Waals surface area contributed by atoms with Crippen molar-refractivity contribution >= 4 is 5.97 Å². The molecular weight excluding hydrogens is 430 g/mol. The molecule has 1 N–H and O–H groups in total. The van der Waals surface area contributed by atoms with Gasteiger partial charge in [-0.05, 0) is 33.5 Å². The summed E-state index contributed by atoms with van der Waals surface area (Å²) in [6.45, 7) is 5.81. The average Bonchev–Trinajstić information content (AvgIpc) is 2.83. The fourth-order valence-corrected chi connectivity index (χ4v) is 4.56. The predicted octanol–water partition coefficient (Wildman–Crippen LogP) is 10.8. The summed E-state index contributed by atoms with van der Waals surface area (Å²) in [4.78, 5) is 12.6. The van der Waals surface area contributed by atoms with Crippen LogP contribution < -0.4 is 0 Å². The van der Waals surface area contributed by atoms with Crippen LogP contribution in [0.1, 0.15) is 181 Å². The predicted molar refractivity (Wildman–Crippen MR) is 158 cm³/mol. The zero-order chi connectivity index (χ0) is 26.2. The van der Waals surface area contributed by atoms with E-state index in [0.29, 0.717) is 6.42 Å². The van der Waals surface area contributed by atoms with Gasteiger partial charge < -0.3 is 10.0 Å². The highest BCUT2D eigenvalue weighted by atomic mass is 16.4. The summed E-state index contributed by atoms with van der Waals surface area (Å²) >= 11 is 0. The highest BCUT2D eigenvalue weighted by Gasteiger charge is 1.97. The molecule has 0 rings (SSSR count). The normalized spacial score (nSPS) is 11.0. The molecule has 0 radical (unpaired) electrons. The van der Waals surface area contributed by atoms with Gasteiger partial charge in [0, 0.05) is 6.42 Å². The van der Waals surface area contributed by atoms with E-state index in [0.717, 1.165) is 12.8 Å². The topological polar surface area (TPSA) is 40.5 Å². The molecule has 0 aliphatic carbocycles. The number of hydrogen-bond acceptors (Lipinski definition) is 2. The number of carboxylic acids is 1. The van der Waals surface area contributed by atoms with Crippen molar-refractivity contribution in [3.8, 4) is 0 Å². The molecule has 0 fully saturated rings. The van der Waals surface area contributed by atoms with Crippen LogP contribution in [0.3, 0.4) is 0 Å². The summed E-state index contributed by atoms with van der Waals surface area (Å²) in [6, 6.07) is 0. The maximum Gasteiger partial charge on any atom is 0.303 e. The van der Waals surface area contributed by atoms with Gasteiger partial charge in [-0.2, -0.15) is 0 Å². The summed E-state index contributed by atoms with van der Waals surface area (Å²) < 4.78 is 0. The van der Waals surface area contributed by atoms with Crippen LogP contribution in [-0.4, -0.2) is 36.6 Å². The molecule has 0 unspecified atom stereocenters. The van der Waals surface area contributed by atoms with Crippen molar-refractivity contribution in [3.63, 3.8) is 0 Å². The molecule has 212 valence electrons. The SMILES string of the molecule is CCCCCCCCCCCCCCCCCC(=O)O.CCCCCCCCCCCCN(C)C. The second kappa shape index (κ2) is 33.4. The van der Waals surface area contributed by atoms with Crippen molar-refractivity contribution in [2.24, 2.45) is 0 Å². The fourth-order valence-electron chi connectivity index (χ4n) is 4.56. The second-order valence-corrected chi connectivity index (χ2v) is 11.1. The first-order valence-corrected chi connectivity index (χ1v) is 15.9. The molecule has 35 heavy (non-hydrogen) atoms. The van der Waals surface area contributed by atoms with E-state index < -0.39 is 5.97 Å². The smallest absolute Gasteiger partial charge is 0.303 e. The number of rotatable bonds is 27. The highest BCUT2D eigenvalue weighted by molar-refractivity contribution is 5.66. The van der Waals surface area contributed by atoms with Crippen LogP contribution in [0.25, 0.3) is 0 Å². The zero-order valence-electron chi connectivity index (χ0n) is 24.9. The third-order valence-electron chi connectivity index (χ3n) is 6.95. The third-order valence-corrected chi connectivity index (χ3v) is 6.95. The molecular formula is C32H67NO2. The Hall–Kier alpha value is -0.570. The third kappa shape index (κ3) is 40.9. The number of carboxylic acid groups (broad SMARTS) is 1. The van der Waals surface area contributed by atoms with Crippen LogP contribution in [0.2, 0.25) is 0 Å². The first-order valence-electron chi connectivity index (χ1n) is 15.9. The Labute approximate surface area is 222 Å². The van der Waals surface area contributed by atoms with E-state index in [2.05, 4.69) is 32.8 Å². The van der Waals surface area contributed by atoms with Crippen molar-refractivity contribution in [3.05, 3.63) is 0 Å². The number of carbonyl (C=O) groups is 1. The summed E-state index contributed by atoms with van der Waals surface area (Å²) in [7, 11) is 4.32. The summed E-state index contributed by atoms with van der Waals surface area (Å²) in [5.74, 6) is -0.653. The van der Waals surface area contributed by atoms with Gasteiger partial charge in [0.05, 0.1) is 0 Å². The maximum absolute atomic E-state index is 10.3. The lowest BCUT2D eigenvalue weighted by Crippen LogP contribution is -2.12. The Kier molecular flexibility index (Phi) is 34.9. The lowest BCUT2D eigenvalue weighted by Gasteiger charge is -2.08. The number of nitrogens with zero attached hydrogens (tertiary/aromatic N) is 1.